The minimum absolute atomic E-state index is 0.103. The van der Waals surface area contributed by atoms with Gasteiger partial charge >= 0.3 is 5.97 Å². The van der Waals surface area contributed by atoms with Crippen LogP contribution < -0.4 is 10.1 Å². The number of rotatable bonds is 10. The fourth-order valence-electron chi connectivity index (χ4n) is 3.43. The van der Waals surface area contributed by atoms with E-state index in [-0.39, 0.29) is 24.9 Å². The standard InChI is InChI=1S/C26H26N4O4S2/c1-4-33-25(32)23-20(18-10-6-5-7-11-18)15-35-24(23)27-22(31)16-36-26-29-28-21(30(26)3)14-34-19-12-8-9-17(2)13-19/h5-13,15H,4,14,16H2,1-3H3,(H,27,31). The summed E-state index contributed by atoms with van der Waals surface area (Å²) >= 11 is 2.55. The lowest BCUT2D eigenvalue weighted by molar-refractivity contribution is -0.113. The van der Waals surface area contributed by atoms with E-state index in [0.29, 0.717) is 21.5 Å². The average Bonchev–Trinajstić information content (AvgIpc) is 3.45. The van der Waals surface area contributed by atoms with Gasteiger partial charge < -0.3 is 19.4 Å². The van der Waals surface area contributed by atoms with Gasteiger partial charge in [0, 0.05) is 18.0 Å². The van der Waals surface area contributed by atoms with Gasteiger partial charge in [0.15, 0.2) is 11.0 Å². The van der Waals surface area contributed by atoms with Gasteiger partial charge in [0.25, 0.3) is 0 Å². The highest BCUT2D eigenvalue weighted by molar-refractivity contribution is 7.99. The maximum absolute atomic E-state index is 12.8. The third-order valence-corrected chi connectivity index (χ3v) is 7.14. The number of nitrogens with zero attached hydrogens (tertiary/aromatic N) is 3. The Morgan fingerprint density at radius 3 is 2.67 bits per heavy atom. The number of hydrogen-bond acceptors (Lipinski definition) is 8. The molecule has 0 saturated carbocycles. The summed E-state index contributed by atoms with van der Waals surface area (Å²) in [7, 11) is 1.83. The van der Waals surface area contributed by atoms with Gasteiger partial charge in [-0.2, -0.15) is 0 Å². The number of amides is 1. The Labute approximate surface area is 217 Å². The number of ether oxygens (including phenoxy) is 2. The van der Waals surface area contributed by atoms with E-state index in [9.17, 15) is 9.59 Å². The Hall–Kier alpha value is -3.63. The summed E-state index contributed by atoms with van der Waals surface area (Å²) in [6.45, 7) is 4.26. The van der Waals surface area contributed by atoms with Crippen LogP contribution in [0.15, 0.2) is 65.1 Å². The van der Waals surface area contributed by atoms with Crippen molar-refractivity contribution < 1.29 is 19.1 Å². The van der Waals surface area contributed by atoms with Crippen molar-refractivity contribution in [2.45, 2.75) is 25.6 Å². The van der Waals surface area contributed by atoms with Crippen molar-refractivity contribution in [3.63, 3.8) is 0 Å². The number of hydrogen-bond donors (Lipinski definition) is 1. The summed E-state index contributed by atoms with van der Waals surface area (Å²) in [5.74, 6) is 0.787. The van der Waals surface area contributed by atoms with Crippen LogP contribution in [0.3, 0.4) is 0 Å². The number of aryl methyl sites for hydroxylation is 1. The molecule has 0 aliphatic carbocycles. The molecule has 0 saturated heterocycles. The molecule has 4 aromatic rings. The Morgan fingerprint density at radius 1 is 1.11 bits per heavy atom. The van der Waals surface area contributed by atoms with Gasteiger partial charge in [-0.25, -0.2) is 4.79 Å². The first-order valence-corrected chi connectivity index (χ1v) is 13.2. The van der Waals surface area contributed by atoms with Crippen molar-refractivity contribution in [1.82, 2.24) is 14.8 Å². The molecule has 0 fully saturated rings. The highest BCUT2D eigenvalue weighted by atomic mass is 32.2. The van der Waals surface area contributed by atoms with E-state index in [1.807, 2.05) is 73.9 Å². The smallest absolute Gasteiger partial charge is 0.341 e. The van der Waals surface area contributed by atoms with E-state index in [1.165, 1.54) is 23.1 Å². The molecule has 0 bridgehead atoms. The molecule has 4 rings (SSSR count). The Kier molecular flexibility index (Phi) is 8.40. The first-order chi connectivity index (χ1) is 17.5. The van der Waals surface area contributed by atoms with Gasteiger partial charge in [0.05, 0.1) is 12.4 Å². The van der Waals surface area contributed by atoms with Gasteiger partial charge in [-0.15, -0.1) is 21.5 Å². The number of thioether (sulfide) groups is 1. The Balaban J connectivity index is 1.40. The molecule has 0 spiro atoms. The molecule has 0 radical (unpaired) electrons. The largest absolute Gasteiger partial charge is 0.486 e. The van der Waals surface area contributed by atoms with Crippen molar-refractivity contribution >= 4 is 40.0 Å². The normalized spacial score (nSPS) is 10.8. The molecule has 8 nitrogen and oxygen atoms in total. The van der Waals surface area contributed by atoms with Gasteiger partial charge in [0.2, 0.25) is 5.91 Å². The zero-order valence-corrected chi connectivity index (χ0v) is 21.8. The molecule has 36 heavy (non-hydrogen) atoms. The molecule has 2 aromatic carbocycles. The molecule has 1 N–H and O–H groups in total. The molecule has 1 amide bonds. The lowest BCUT2D eigenvalue weighted by Crippen LogP contribution is -2.16. The minimum Gasteiger partial charge on any atom is -0.486 e. The number of benzene rings is 2. The number of aromatic nitrogens is 3. The van der Waals surface area contributed by atoms with Crippen LogP contribution in [0.5, 0.6) is 5.75 Å². The summed E-state index contributed by atoms with van der Waals surface area (Å²) in [5, 5.41) is 14.1. The molecular formula is C26H26N4O4S2. The maximum Gasteiger partial charge on any atom is 0.341 e. The molecule has 10 heteroatoms. The third-order valence-electron chi connectivity index (χ3n) is 5.22. The average molecular weight is 523 g/mol. The predicted octanol–water partition coefficient (Wildman–Crippen LogP) is 5.34. The van der Waals surface area contributed by atoms with E-state index in [2.05, 4.69) is 15.5 Å². The quantitative estimate of drug-likeness (QED) is 0.222. The molecular weight excluding hydrogens is 496 g/mol. The molecule has 0 aliphatic rings. The summed E-state index contributed by atoms with van der Waals surface area (Å²) in [5.41, 5.74) is 3.08. The zero-order valence-electron chi connectivity index (χ0n) is 20.2. The monoisotopic (exact) mass is 522 g/mol. The Morgan fingerprint density at radius 2 is 1.92 bits per heavy atom. The lowest BCUT2D eigenvalue weighted by atomic mass is 10.0. The number of anilines is 1. The van der Waals surface area contributed by atoms with Crippen molar-refractivity contribution in [3.8, 4) is 16.9 Å². The summed E-state index contributed by atoms with van der Waals surface area (Å²) < 4.78 is 12.9. The second-order valence-corrected chi connectivity index (χ2v) is 9.66. The van der Waals surface area contributed by atoms with Crippen LogP contribution in [0, 0.1) is 6.92 Å². The van der Waals surface area contributed by atoms with Crippen molar-refractivity contribution in [2.75, 3.05) is 17.7 Å². The maximum atomic E-state index is 12.8. The van der Waals surface area contributed by atoms with Crippen LogP contribution >= 0.6 is 23.1 Å². The molecule has 2 heterocycles. The second-order valence-electron chi connectivity index (χ2n) is 7.84. The van der Waals surface area contributed by atoms with Crippen LogP contribution in [0.4, 0.5) is 5.00 Å². The predicted molar refractivity (Wildman–Crippen MR) is 142 cm³/mol. The summed E-state index contributed by atoms with van der Waals surface area (Å²) in [6.07, 6.45) is 0. The minimum atomic E-state index is -0.466. The Bertz CT molecular complexity index is 1350. The molecule has 0 atom stereocenters. The topological polar surface area (TPSA) is 95.3 Å². The number of thiophene rings is 1. The number of nitrogens with one attached hydrogen (secondary N) is 1. The first kappa shape index (κ1) is 25.5. The first-order valence-electron chi connectivity index (χ1n) is 11.3. The molecule has 2 aromatic heterocycles. The van der Waals surface area contributed by atoms with E-state index in [4.69, 9.17) is 9.47 Å². The van der Waals surface area contributed by atoms with Gasteiger partial charge in [0.1, 0.15) is 22.9 Å². The fourth-order valence-corrected chi connectivity index (χ4v) is 5.13. The van der Waals surface area contributed by atoms with Gasteiger partial charge in [-0.05, 0) is 37.1 Å². The molecule has 0 unspecified atom stereocenters. The number of carbonyl (C=O) groups is 2. The van der Waals surface area contributed by atoms with Gasteiger partial charge in [-0.3, -0.25) is 4.79 Å². The van der Waals surface area contributed by atoms with Crippen LogP contribution in [0.25, 0.3) is 11.1 Å². The summed E-state index contributed by atoms with van der Waals surface area (Å²) in [4.78, 5) is 25.5. The summed E-state index contributed by atoms with van der Waals surface area (Å²) in [6, 6.07) is 17.3. The van der Waals surface area contributed by atoms with Crippen LogP contribution in [-0.4, -0.2) is 39.0 Å². The van der Waals surface area contributed by atoms with Gasteiger partial charge in [-0.1, -0.05) is 54.2 Å². The fraction of sp³-hybridized carbons (Fsp3) is 0.231. The van der Waals surface area contributed by atoms with Crippen molar-refractivity contribution in [2.24, 2.45) is 7.05 Å². The van der Waals surface area contributed by atoms with E-state index < -0.39 is 5.97 Å². The van der Waals surface area contributed by atoms with Crippen LogP contribution in [0.2, 0.25) is 0 Å². The SMILES string of the molecule is CCOC(=O)c1c(-c2ccccc2)csc1NC(=O)CSc1nnc(COc2cccc(C)c2)n1C. The molecule has 0 aliphatic heterocycles. The highest BCUT2D eigenvalue weighted by Crippen LogP contribution is 2.36. The van der Waals surface area contributed by atoms with Crippen molar-refractivity contribution in [1.29, 1.82) is 0 Å². The second kappa shape index (κ2) is 11.9. The zero-order chi connectivity index (χ0) is 25.5. The van der Waals surface area contributed by atoms with E-state index in [1.54, 1.807) is 11.5 Å². The van der Waals surface area contributed by atoms with Crippen LogP contribution in [-0.2, 0) is 23.2 Å². The third kappa shape index (κ3) is 6.13. The molecule has 186 valence electrons. The number of esters is 1. The lowest BCUT2D eigenvalue weighted by Gasteiger charge is -2.09. The van der Waals surface area contributed by atoms with Crippen molar-refractivity contribution in [3.05, 3.63) is 76.9 Å². The van der Waals surface area contributed by atoms with E-state index >= 15 is 0 Å². The van der Waals surface area contributed by atoms with E-state index in [0.717, 1.165) is 22.4 Å². The highest BCUT2D eigenvalue weighted by Gasteiger charge is 2.23. The van der Waals surface area contributed by atoms with Crippen LogP contribution in [0.1, 0.15) is 28.7 Å². The number of carbonyl (C=O) groups excluding carboxylic acids is 2.